The molecule has 3 aromatic carbocycles. The van der Waals surface area contributed by atoms with Crippen LogP contribution in [-0.2, 0) is 11.3 Å². The van der Waals surface area contributed by atoms with Gasteiger partial charge in [-0.1, -0.05) is 48.5 Å². The predicted octanol–water partition coefficient (Wildman–Crippen LogP) is 4.17. The summed E-state index contributed by atoms with van der Waals surface area (Å²) in [6.45, 7) is 2.92. The van der Waals surface area contributed by atoms with Crippen LogP contribution in [0.5, 0.6) is 11.5 Å². The summed E-state index contributed by atoms with van der Waals surface area (Å²) in [7, 11) is 5.19. The lowest BCUT2D eigenvalue weighted by Gasteiger charge is -2.21. The number of carbonyl (C=O) groups excluding carboxylic acids is 1. The van der Waals surface area contributed by atoms with Gasteiger partial charge in [-0.3, -0.25) is 9.69 Å². The third-order valence-corrected chi connectivity index (χ3v) is 5.02. The normalized spacial score (nSPS) is 12.0. The monoisotopic (exact) mass is 392 g/mol. The van der Waals surface area contributed by atoms with Gasteiger partial charge in [-0.2, -0.15) is 0 Å². The van der Waals surface area contributed by atoms with E-state index in [2.05, 4.69) is 29.6 Å². The first kappa shape index (κ1) is 20.7. The highest BCUT2D eigenvalue weighted by Crippen LogP contribution is 2.26. The molecule has 0 aliphatic rings. The second-order valence-electron chi connectivity index (χ2n) is 7.21. The maximum atomic E-state index is 12.6. The highest BCUT2D eigenvalue weighted by Gasteiger charge is 2.15. The lowest BCUT2D eigenvalue weighted by atomic mass is 10.00. The van der Waals surface area contributed by atoms with Crippen LogP contribution in [0.4, 0.5) is 0 Å². The number of fused-ring (bicyclic) bond motifs is 1. The van der Waals surface area contributed by atoms with Crippen LogP contribution < -0.4 is 14.8 Å². The third-order valence-electron chi connectivity index (χ3n) is 5.02. The van der Waals surface area contributed by atoms with Gasteiger partial charge in [-0.15, -0.1) is 0 Å². The van der Waals surface area contributed by atoms with Gasteiger partial charge in [-0.05, 0) is 36.4 Å². The number of nitrogens with one attached hydrogen (secondary N) is 1. The molecule has 0 aromatic heterocycles. The summed E-state index contributed by atoms with van der Waals surface area (Å²) in [6.07, 6.45) is 0. The Bertz CT molecular complexity index is 982. The fourth-order valence-electron chi connectivity index (χ4n) is 3.57. The molecule has 0 bridgehead atoms. The fraction of sp³-hybridized carbons (Fsp3) is 0.292. The summed E-state index contributed by atoms with van der Waals surface area (Å²) in [5, 5.41) is 5.46. The van der Waals surface area contributed by atoms with E-state index in [9.17, 15) is 4.79 Å². The molecule has 0 aliphatic carbocycles. The second kappa shape index (κ2) is 9.43. The lowest BCUT2D eigenvalue weighted by Crippen LogP contribution is -2.36. The van der Waals surface area contributed by atoms with Crippen molar-refractivity contribution in [2.75, 3.05) is 27.8 Å². The molecule has 1 atom stereocenters. The summed E-state index contributed by atoms with van der Waals surface area (Å²) in [5.41, 5.74) is 2.13. The quantitative estimate of drug-likeness (QED) is 0.625. The zero-order chi connectivity index (χ0) is 20.8. The average molecular weight is 392 g/mol. The highest BCUT2D eigenvalue weighted by atomic mass is 16.5. The lowest BCUT2D eigenvalue weighted by molar-refractivity contribution is -0.122. The van der Waals surface area contributed by atoms with Crippen LogP contribution in [0.15, 0.2) is 60.7 Å². The van der Waals surface area contributed by atoms with E-state index in [4.69, 9.17) is 9.47 Å². The molecule has 3 rings (SSSR count). The Morgan fingerprint density at radius 1 is 1.03 bits per heavy atom. The summed E-state index contributed by atoms with van der Waals surface area (Å²) in [6, 6.07) is 20.1. The Balaban J connectivity index is 1.63. The Kier molecular flexibility index (Phi) is 6.73. The first-order valence-corrected chi connectivity index (χ1v) is 9.68. The summed E-state index contributed by atoms with van der Waals surface area (Å²) in [5.74, 6) is 1.48. The van der Waals surface area contributed by atoms with Crippen molar-refractivity contribution in [3.05, 3.63) is 71.8 Å². The van der Waals surface area contributed by atoms with Crippen molar-refractivity contribution in [1.29, 1.82) is 0 Å². The van der Waals surface area contributed by atoms with Gasteiger partial charge < -0.3 is 14.8 Å². The summed E-state index contributed by atoms with van der Waals surface area (Å²) in [4.78, 5) is 14.6. The molecule has 0 aliphatic heterocycles. The van der Waals surface area contributed by atoms with Crippen molar-refractivity contribution < 1.29 is 14.3 Å². The van der Waals surface area contributed by atoms with Crippen molar-refractivity contribution in [2.45, 2.75) is 19.5 Å². The molecule has 0 saturated heterocycles. The van der Waals surface area contributed by atoms with Gasteiger partial charge in [0.05, 0.1) is 26.8 Å². The Morgan fingerprint density at radius 2 is 1.79 bits per heavy atom. The van der Waals surface area contributed by atoms with E-state index in [0.29, 0.717) is 13.1 Å². The number of rotatable bonds is 8. The molecular weight excluding hydrogens is 364 g/mol. The maximum Gasteiger partial charge on any atom is 0.234 e. The van der Waals surface area contributed by atoms with E-state index in [1.165, 1.54) is 10.8 Å². The standard InChI is InChI=1S/C24H28N2O3/c1-17(21-11-7-9-18-8-5-6-10-22(18)21)25-24(27)16-26(2)15-19-12-13-20(28-3)14-23(19)29-4/h5-14,17H,15-16H2,1-4H3,(H,25,27)/t17-/m1/s1. The number of hydrogen-bond acceptors (Lipinski definition) is 4. The van der Waals surface area contributed by atoms with Gasteiger partial charge in [0, 0.05) is 18.2 Å². The third kappa shape index (κ3) is 5.06. The zero-order valence-corrected chi connectivity index (χ0v) is 17.4. The van der Waals surface area contributed by atoms with Gasteiger partial charge in [0.2, 0.25) is 5.91 Å². The average Bonchev–Trinajstić information content (AvgIpc) is 2.73. The molecule has 5 heteroatoms. The Hall–Kier alpha value is -3.05. The zero-order valence-electron chi connectivity index (χ0n) is 17.4. The number of carbonyl (C=O) groups is 1. The molecule has 29 heavy (non-hydrogen) atoms. The minimum atomic E-state index is -0.0717. The van der Waals surface area contributed by atoms with Crippen molar-refractivity contribution >= 4 is 16.7 Å². The Morgan fingerprint density at radius 3 is 2.55 bits per heavy atom. The van der Waals surface area contributed by atoms with Crippen LogP contribution in [0, 0.1) is 0 Å². The molecule has 3 aromatic rings. The molecule has 1 amide bonds. The largest absolute Gasteiger partial charge is 0.497 e. The van der Waals surface area contributed by atoms with Crippen LogP contribution in [0.25, 0.3) is 10.8 Å². The van der Waals surface area contributed by atoms with Gasteiger partial charge in [0.15, 0.2) is 0 Å². The number of amides is 1. The van der Waals surface area contributed by atoms with Crippen molar-refractivity contribution in [3.63, 3.8) is 0 Å². The molecule has 0 fully saturated rings. The predicted molar refractivity (Wildman–Crippen MR) is 116 cm³/mol. The van der Waals surface area contributed by atoms with Gasteiger partial charge in [0.25, 0.3) is 0 Å². The molecule has 5 nitrogen and oxygen atoms in total. The van der Waals surface area contributed by atoms with E-state index < -0.39 is 0 Å². The first-order valence-electron chi connectivity index (χ1n) is 9.68. The number of methoxy groups -OCH3 is 2. The van der Waals surface area contributed by atoms with Crippen LogP contribution in [0.1, 0.15) is 24.1 Å². The number of hydrogen-bond donors (Lipinski definition) is 1. The minimum Gasteiger partial charge on any atom is -0.497 e. The second-order valence-corrected chi connectivity index (χ2v) is 7.21. The number of nitrogens with zero attached hydrogens (tertiary/aromatic N) is 1. The highest BCUT2D eigenvalue weighted by molar-refractivity contribution is 5.87. The van der Waals surface area contributed by atoms with E-state index >= 15 is 0 Å². The number of likely N-dealkylation sites (N-methyl/N-ethyl adjacent to an activating group) is 1. The topological polar surface area (TPSA) is 50.8 Å². The molecule has 0 unspecified atom stereocenters. The minimum absolute atomic E-state index is 0.0135. The first-order chi connectivity index (χ1) is 14.0. The number of benzene rings is 3. The van der Waals surface area contributed by atoms with E-state index in [1.807, 2.05) is 55.3 Å². The number of ether oxygens (including phenoxy) is 2. The van der Waals surface area contributed by atoms with E-state index in [-0.39, 0.29) is 11.9 Å². The molecule has 0 saturated carbocycles. The van der Waals surface area contributed by atoms with Crippen LogP contribution in [-0.4, -0.2) is 38.6 Å². The summed E-state index contributed by atoms with van der Waals surface area (Å²) < 4.78 is 10.7. The van der Waals surface area contributed by atoms with Crippen LogP contribution >= 0.6 is 0 Å². The molecule has 0 heterocycles. The van der Waals surface area contributed by atoms with Crippen molar-refractivity contribution in [1.82, 2.24) is 10.2 Å². The van der Waals surface area contributed by atoms with E-state index in [1.54, 1.807) is 14.2 Å². The molecular formula is C24H28N2O3. The molecule has 152 valence electrons. The smallest absolute Gasteiger partial charge is 0.234 e. The van der Waals surface area contributed by atoms with Gasteiger partial charge in [-0.25, -0.2) is 0 Å². The molecule has 1 N–H and O–H groups in total. The van der Waals surface area contributed by atoms with Crippen LogP contribution in [0.2, 0.25) is 0 Å². The fourth-order valence-corrected chi connectivity index (χ4v) is 3.57. The van der Waals surface area contributed by atoms with Crippen molar-refractivity contribution in [2.24, 2.45) is 0 Å². The van der Waals surface area contributed by atoms with Crippen LogP contribution in [0.3, 0.4) is 0 Å². The Labute approximate surface area is 172 Å². The maximum absolute atomic E-state index is 12.6. The van der Waals surface area contributed by atoms with Crippen molar-refractivity contribution in [3.8, 4) is 11.5 Å². The summed E-state index contributed by atoms with van der Waals surface area (Å²) >= 11 is 0. The SMILES string of the molecule is COc1ccc(CN(C)CC(=O)N[C@H](C)c2cccc3ccccc23)c(OC)c1. The van der Waals surface area contributed by atoms with Gasteiger partial charge >= 0.3 is 0 Å². The van der Waals surface area contributed by atoms with E-state index in [0.717, 1.165) is 22.6 Å². The molecule has 0 spiro atoms. The molecule has 0 radical (unpaired) electrons. The van der Waals surface area contributed by atoms with Gasteiger partial charge in [0.1, 0.15) is 11.5 Å².